The normalized spacial score (nSPS) is 13.9. The molecule has 0 aromatic heterocycles. The lowest BCUT2D eigenvalue weighted by molar-refractivity contribution is -0.158. The predicted octanol–water partition coefficient (Wildman–Crippen LogP) is 4.80. The van der Waals surface area contributed by atoms with Crippen LogP contribution >= 0.6 is 0 Å². The highest BCUT2D eigenvalue weighted by Crippen LogP contribution is 2.22. The number of aryl methyl sites for hydroxylation is 2. The van der Waals surface area contributed by atoms with Gasteiger partial charge < -0.3 is 9.74 Å². The third-order valence-corrected chi connectivity index (χ3v) is 6.72. The minimum Gasteiger partial charge on any atom is -0.343 e. The first-order chi connectivity index (χ1) is 17.0. The lowest BCUT2D eigenvalue weighted by atomic mass is 9.92. The molecule has 0 radical (unpaired) electrons. The van der Waals surface area contributed by atoms with Crippen LogP contribution in [0.5, 0.6) is 0 Å². The molecule has 35 heavy (non-hydrogen) atoms. The molecule has 1 N–H and O–H groups in total. The number of piperidine rings is 1. The zero-order chi connectivity index (χ0) is 24.9. The van der Waals surface area contributed by atoms with Crippen molar-refractivity contribution in [3.8, 4) is 0 Å². The SMILES string of the molecule is CCC(=O)N1CCC(CCC(=O)ONC(=O)Cc2ccc(CCCCc3ccccc3)cc2)CC1. The molecule has 6 heteroatoms. The van der Waals surface area contributed by atoms with Crippen LogP contribution in [0, 0.1) is 5.92 Å². The molecule has 3 rings (SSSR count). The molecule has 2 aromatic rings. The largest absolute Gasteiger partial charge is 0.343 e. The van der Waals surface area contributed by atoms with Crippen LogP contribution in [0.15, 0.2) is 54.6 Å². The summed E-state index contributed by atoms with van der Waals surface area (Å²) in [7, 11) is 0. The second kappa shape index (κ2) is 14.3. The number of hydroxylamine groups is 1. The molecule has 1 fully saturated rings. The summed E-state index contributed by atoms with van der Waals surface area (Å²) in [4.78, 5) is 42.8. The van der Waals surface area contributed by atoms with Gasteiger partial charge in [-0.05, 0) is 67.6 Å². The molecule has 0 saturated carbocycles. The molecule has 1 saturated heterocycles. The number of hydrogen-bond acceptors (Lipinski definition) is 4. The molecule has 0 bridgehead atoms. The van der Waals surface area contributed by atoms with Crippen molar-refractivity contribution in [3.05, 3.63) is 71.3 Å². The molecule has 2 aromatic carbocycles. The fraction of sp³-hybridized carbons (Fsp3) is 0.483. The van der Waals surface area contributed by atoms with Crippen molar-refractivity contribution in [1.82, 2.24) is 10.4 Å². The number of carbonyl (C=O) groups is 3. The highest BCUT2D eigenvalue weighted by Gasteiger charge is 2.22. The topological polar surface area (TPSA) is 75.7 Å². The molecule has 0 unspecified atom stereocenters. The fourth-order valence-corrected chi connectivity index (χ4v) is 4.53. The Balaban J connectivity index is 1.26. The van der Waals surface area contributed by atoms with Gasteiger partial charge in [-0.3, -0.25) is 9.59 Å². The average molecular weight is 479 g/mol. The second-order valence-electron chi connectivity index (χ2n) is 9.40. The number of carbonyl (C=O) groups excluding carboxylic acids is 3. The van der Waals surface area contributed by atoms with Crippen molar-refractivity contribution in [2.24, 2.45) is 5.92 Å². The van der Waals surface area contributed by atoms with Crippen molar-refractivity contribution in [2.45, 2.75) is 71.1 Å². The second-order valence-corrected chi connectivity index (χ2v) is 9.40. The van der Waals surface area contributed by atoms with Crippen molar-refractivity contribution in [3.63, 3.8) is 0 Å². The first-order valence-electron chi connectivity index (χ1n) is 12.9. The van der Waals surface area contributed by atoms with Crippen LogP contribution in [-0.4, -0.2) is 35.8 Å². The number of likely N-dealkylation sites (tertiary alicyclic amines) is 1. The van der Waals surface area contributed by atoms with E-state index in [9.17, 15) is 14.4 Å². The van der Waals surface area contributed by atoms with Gasteiger partial charge in [0.15, 0.2) is 0 Å². The van der Waals surface area contributed by atoms with Gasteiger partial charge >= 0.3 is 5.97 Å². The number of rotatable bonds is 11. The minimum absolute atomic E-state index is 0.172. The number of unbranched alkanes of at least 4 members (excludes halogenated alkanes) is 1. The van der Waals surface area contributed by atoms with Crippen LogP contribution in [0.4, 0.5) is 0 Å². The summed E-state index contributed by atoms with van der Waals surface area (Å²) in [6.07, 6.45) is 7.91. The van der Waals surface area contributed by atoms with E-state index in [1.807, 2.05) is 30.0 Å². The van der Waals surface area contributed by atoms with E-state index in [4.69, 9.17) is 4.84 Å². The van der Waals surface area contributed by atoms with E-state index in [0.29, 0.717) is 12.3 Å². The van der Waals surface area contributed by atoms with Gasteiger partial charge in [0.2, 0.25) is 5.91 Å². The Labute approximate surface area is 209 Å². The molecule has 1 aliphatic heterocycles. The fourth-order valence-electron chi connectivity index (χ4n) is 4.53. The number of amides is 2. The third-order valence-electron chi connectivity index (χ3n) is 6.72. The summed E-state index contributed by atoms with van der Waals surface area (Å²) in [6, 6.07) is 18.6. The Kier molecular flexibility index (Phi) is 10.8. The lowest BCUT2D eigenvalue weighted by Crippen LogP contribution is -2.38. The van der Waals surface area contributed by atoms with Crippen LogP contribution in [0.25, 0.3) is 0 Å². The van der Waals surface area contributed by atoms with E-state index >= 15 is 0 Å². The number of benzene rings is 2. The summed E-state index contributed by atoms with van der Waals surface area (Å²) in [5, 5.41) is 0. The van der Waals surface area contributed by atoms with Crippen molar-refractivity contribution in [1.29, 1.82) is 0 Å². The number of nitrogens with zero attached hydrogens (tertiary/aromatic N) is 1. The molecule has 0 atom stereocenters. The standard InChI is InChI=1S/C29H38N2O4/c1-2-28(33)31-20-18-25(19-21-31)16-17-29(34)35-30-27(32)22-26-14-12-24(13-15-26)11-7-6-10-23-8-4-3-5-9-23/h3-5,8-9,12-15,25H,2,6-7,10-11,16-22H2,1H3,(H,30,32). The van der Waals surface area contributed by atoms with Crippen LogP contribution < -0.4 is 5.48 Å². The Morgan fingerprint density at radius 1 is 0.886 bits per heavy atom. The van der Waals surface area contributed by atoms with Gasteiger partial charge in [0.25, 0.3) is 5.91 Å². The number of hydrogen-bond donors (Lipinski definition) is 1. The first-order valence-corrected chi connectivity index (χ1v) is 12.9. The van der Waals surface area contributed by atoms with Gasteiger partial charge in [-0.2, -0.15) is 5.48 Å². The predicted molar refractivity (Wildman–Crippen MR) is 136 cm³/mol. The van der Waals surface area contributed by atoms with Gasteiger partial charge in [-0.25, -0.2) is 4.79 Å². The summed E-state index contributed by atoms with van der Waals surface area (Å²) >= 11 is 0. The molecular formula is C29H38N2O4. The van der Waals surface area contributed by atoms with Crippen molar-refractivity contribution < 1.29 is 19.2 Å². The summed E-state index contributed by atoms with van der Waals surface area (Å²) in [5.74, 6) is -0.147. The maximum Gasteiger partial charge on any atom is 0.332 e. The van der Waals surface area contributed by atoms with E-state index in [0.717, 1.165) is 63.6 Å². The monoisotopic (exact) mass is 478 g/mol. The quantitative estimate of drug-likeness (QED) is 0.372. The maximum absolute atomic E-state index is 12.2. The Hall–Kier alpha value is -3.15. The van der Waals surface area contributed by atoms with Gasteiger partial charge in [0.1, 0.15) is 0 Å². The van der Waals surface area contributed by atoms with Crippen LogP contribution in [0.3, 0.4) is 0 Å². The zero-order valence-corrected chi connectivity index (χ0v) is 20.8. The molecule has 0 aliphatic carbocycles. The minimum atomic E-state index is -0.420. The van der Waals surface area contributed by atoms with Gasteiger partial charge in [0.05, 0.1) is 6.42 Å². The number of nitrogens with one attached hydrogen (secondary N) is 1. The first kappa shape index (κ1) is 26.5. The highest BCUT2D eigenvalue weighted by atomic mass is 16.7. The van der Waals surface area contributed by atoms with E-state index in [1.54, 1.807) is 0 Å². The Morgan fingerprint density at radius 3 is 2.11 bits per heavy atom. The van der Waals surface area contributed by atoms with E-state index < -0.39 is 5.97 Å². The zero-order valence-electron chi connectivity index (χ0n) is 20.8. The van der Waals surface area contributed by atoms with Crippen LogP contribution in [0.2, 0.25) is 0 Å². The summed E-state index contributed by atoms with van der Waals surface area (Å²) in [6.45, 7) is 3.40. The average Bonchev–Trinajstić information content (AvgIpc) is 2.90. The molecule has 1 aliphatic rings. The molecule has 1 heterocycles. The molecule has 6 nitrogen and oxygen atoms in total. The molecule has 188 valence electrons. The van der Waals surface area contributed by atoms with Crippen LogP contribution in [0.1, 0.15) is 68.6 Å². The molecule has 2 amide bonds. The van der Waals surface area contributed by atoms with Crippen molar-refractivity contribution >= 4 is 17.8 Å². The van der Waals surface area contributed by atoms with Crippen molar-refractivity contribution in [2.75, 3.05) is 13.1 Å². The van der Waals surface area contributed by atoms with E-state index in [1.165, 1.54) is 11.1 Å². The third kappa shape index (κ3) is 9.55. The van der Waals surface area contributed by atoms with E-state index in [-0.39, 0.29) is 24.7 Å². The Bertz CT molecular complexity index is 935. The van der Waals surface area contributed by atoms with E-state index in [2.05, 4.69) is 41.9 Å². The molecular weight excluding hydrogens is 440 g/mol. The van der Waals surface area contributed by atoms with Gasteiger partial charge in [-0.1, -0.05) is 61.5 Å². The van der Waals surface area contributed by atoms with Crippen LogP contribution in [-0.2, 0) is 38.5 Å². The van der Waals surface area contributed by atoms with Gasteiger partial charge in [0, 0.05) is 25.9 Å². The Morgan fingerprint density at radius 2 is 1.49 bits per heavy atom. The lowest BCUT2D eigenvalue weighted by Gasteiger charge is -2.31. The van der Waals surface area contributed by atoms with Gasteiger partial charge in [-0.15, -0.1) is 0 Å². The summed E-state index contributed by atoms with van der Waals surface area (Å²) in [5.41, 5.74) is 5.81. The maximum atomic E-state index is 12.2. The summed E-state index contributed by atoms with van der Waals surface area (Å²) < 4.78 is 0. The smallest absolute Gasteiger partial charge is 0.332 e. The highest BCUT2D eigenvalue weighted by molar-refractivity contribution is 5.79. The molecule has 0 spiro atoms.